The molecule has 0 fully saturated rings. The summed E-state index contributed by atoms with van der Waals surface area (Å²) < 4.78 is 2.66. The Morgan fingerprint density at radius 2 is 0.830 bits per heavy atom. The van der Waals surface area contributed by atoms with Gasteiger partial charge in [0.1, 0.15) is 0 Å². The first kappa shape index (κ1) is 31.5. The van der Waals surface area contributed by atoms with Crippen molar-refractivity contribution in [3.8, 4) is 44.5 Å². The Morgan fingerprint density at radius 1 is 0.358 bits per heavy atom. The average Bonchev–Trinajstić information content (AvgIpc) is 3.70. The van der Waals surface area contributed by atoms with Crippen molar-refractivity contribution in [3.63, 3.8) is 0 Å². The zero-order valence-electron chi connectivity index (χ0n) is 29.8. The minimum absolute atomic E-state index is 0.0274. The normalized spacial score (nSPS) is 12.9. The van der Waals surface area contributed by atoms with Crippen LogP contribution in [0.4, 0.5) is 17.1 Å². The Hall–Kier alpha value is -6.22. The predicted molar refractivity (Wildman–Crippen MR) is 228 cm³/mol. The van der Waals surface area contributed by atoms with Gasteiger partial charge in [0, 0.05) is 42.6 Å². The van der Waals surface area contributed by atoms with E-state index in [9.17, 15) is 0 Å². The molecule has 0 amide bonds. The molecular weight excluding hydrogens is 659 g/mol. The van der Waals surface area contributed by atoms with E-state index in [0.717, 1.165) is 17.1 Å². The second kappa shape index (κ2) is 12.5. The maximum absolute atomic E-state index is 2.40. The third-order valence-electron chi connectivity index (χ3n) is 11.1. The van der Waals surface area contributed by atoms with Gasteiger partial charge in [0.2, 0.25) is 0 Å². The molecule has 0 N–H and O–H groups in total. The highest BCUT2D eigenvalue weighted by Gasteiger charge is 2.35. The molecule has 0 spiro atoms. The van der Waals surface area contributed by atoms with Crippen LogP contribution in [-0.4, -0.2) is 0 Å². The number of thiophene rings is 1. The van der Waals surface area contributed by atoms with Crippen LogP contribution in [0, 0.1) is 0 Å². The third kappa shape index (κ3) is 5.37. The van der Waals surface area contributed by atoms with Gasteiger partial charge >= 0.3 is 0 Å². The highest BCUT2D eigenvalue weighted by atomic mass is 32.1. The molecule has 0 bridgehead atoms. The van der Waals surface area contributed by atoms with Crippen molar-refractivity contribution >= 4 is 48.6 Å². The van der Waals surface area contributed by atoms with E-state index in [2.05, 4.69) is 207 Å². The maximum Gasteiger partial charge on any atom is 0.0462 e. The van der Waals surface area contributed by atoms with Gasteiger partial charge in [-0.1, -0.05) is 147 Å². The lowest BCUT2D eigenvalue weighted by Gasteiger charge is -2.26. The van der Waals surface area contributed by atoms with Crippen LogP contribution in [0.2, 0.25) is 0 Å². The van der Waals surface area contributed by atoms with E-state index in [-0.39, 0.29) is 5.41 Å². The fraction of sp³-hybridized carbons (Fsp3) is 0.0588. The van der Waals surface area contributed by atoms with E-state index in [1.54, 1.807) is 0 Å². The van der Waals surface area contributed by atoms with Crippen molar-refractivity contribution in [2.24, 2.45) is 0 Å². The summed E-state index contributed by atoms with van der Waals surface area (Å²) in [5.74, 6) is 0. The lowest BCUT2D eigenvalue weighted by atomic mass is 9.81. The monoisotopic (exact) mass is 695 g/mol. The molecule has 0 unspecified atom stereocenters. The van der Waals surface area contributed by atoms with Crippen LogP contribution in [0.15, 0.2) is 188 Å². The van der Waals surface area contributed by atoms with Crippen molar-refractivity contribution < 1.29 is 0 Å². The average molecular weight is 696 g/mol. The molecule has 1 aliphatic carbocycles. The van der Waals surface area contributed by atoms with Crippen LogP contribution < -0.4 is 4.90 Å². The van der Waals surface area contributed by atoms with Gasteiger partial charge in [0.05, 0.1) is 0 Å². The highest BCUT2D eigenvalue weighted by Crippen LogP contribution is 2.49. The van der Waals surface area contributed by atoms with Crippen LogP contribution in [0.1, 0.15) is 25.0 Å². The Kier molecular flexibility index (Phi) is 7.42. The Balaban J connectivity index is 1.01. The molecule has 252 valence electrons. The van der Waals surface area contributed by atoms with Crippen LogP contribution in [0.5, 0.6) is 0 Å². The first-order valence-electron chi connectivity index (χ1n) is 18.3. The zero-order valence-corrected chi connectivity index (χ0v) is 30.6. The summed E-state index contributed by atoms with van der Waals surface area (Å²) in [4.78, 5) is 2.36. The molecule has 0 atom stereocenters. The van der Waals surface area contributed by atoms with Gasteiger partial charge in [-0.15, -0.1) is 11.3 Å². The number of anilines is 3. The van der Waals surface area contributed by atoms with Gasteiger partial charge in [-0.3, -0.25) is 0 Å². The van der Waals surface area contributed by atoms with Gasteiger partial charge in [-0.25, -0.2) is 0 Å². The first-order valence-corrected chi connectivity index (χ1v) is 19.2. The summed E-state index contributed by atoms with van der Waals surface area (Å²) in [6.07, 6.45) is 0. The van der Waals surface area contributed by atoms with E-state index in [4.69, 9.17) is 0 Å². The molecule has 1 nitrogen and oxygen atoms in total. The Labute approximate surface area is 315 Å². The fourth-order valence-electron chi connectivity index (χ4n) is 8.28. The molecule has 53 heavy (non-hydrogen) atoms. The molecule has 2 heteroatoms. The molecular formula is C51H37NS. The summed E-state index contributed by atoms with van der Waals surface area (Å²) in [6.45, 7) is 4.69. The molecule has 0 aliphatic heterocycles. The standard InChI is InChI=1S/C51H37NS/c1-51(2)47-14-8-6-12-43(47)44-30-22-38(32-48(44)51)36-18-26-41(27-19-36)52(40-24-16-35(17-25-40)34-10-4-3-5-11-34)42-28-20-37(21-29-42)39-23-31-46-45-13-7-9-15-49(45)53-50(46)33-39/h3-33H,1-2H3. The van der Waals surface area contributed by atoms with Gasteiger partial charge < -0.3 is 4.90 Å². The summed E-state index contributed by atoms with van der Waals surface area (Å²) in [7, 11) is 0. The first-order chi connectivity index (χ1) is 26.0. The zero-order chi connectivity index (χ0) is 35.5. The number of benzene rings is 8. The Bertz CT molecular complexity index is 2770. The number of hydrogen-bond acceptors (Lipinski definition) is 2. The highest BCUT2D eigenvalue weighted by molar-refractivity contribution is 7.25. The molecule has 1 heterocycles. The summed E-state index contributed by atoms with van der Waals surface area (Å²) in [5, 5.41) is 2.66. The SMILES string of the molecule is CC1(C)c2ccccc2-c2ccc(-c3ccc(N(c4ccc(-c5ccccc5)cc4)c4ccc(-c5ccc6c(c5)sc5ccccc56)cc4)cc3)cc21. The van der Waals surface area contributed by atoms with E-state index in [0.29, 0.717) is 0 Å². The summed E-state index contributed by atoms with van der Waals surface area (Å²) >= 11 is 1.87. The smallest absolute Gasteiger partial charge is 0.0462 e. The minimum Gasteiger partial charge on any atom is -0.311 e. The van der Waals surface area contributed by atoms with Crippen molar-refractivity contribution in [1.29, 1.82) is 0 Å². The number of hydrogen-bond donors (Lipinski definition) is 0. The van der Waals surface area contributed by atoms with Crippen molar-refractivity contribution in [1.82, 2.24) is 0 Å². The Morgan fingerprint density at radius 3 is 1.51 bits per heavy atom. The summed E-state index contributed by atoms with van der Waals surface area (Å²) in [6, 6.07) is 69.0. The van der Waals surface area contributed by atoms with Crippen LogP contribution in [-0.2, 0) is 5.41 Å². The lowest BCUT2D eigenvalue weighted by molar-refractivity contribution is 0.660. The molecule has 0 radical (unpaired) electrons. The summed E-state index contributed by atoms with van der Waals surface area (Å²) in [5.41, 5.74) is 16.2. The minimum atomic E-state index is -0.0274. The van der Waals surface area contributed by atoms with Crippen LogP contribution in [0.25, 0.3) is 64.7 Å². The maximum atomic E-state index is 2.40. The molecule has 10 rings (SSSR count). The van der Waals surface area contributed by atoms with E-state index >= 15 is 0 Å². The van der Waals surface area contributed by atoms with Gasteiger partial charge in [0.25, 0.3) is 0 Å². The lowest BCUT2D eigenvalue weighted by Crippen LogP contribution is -2.14. The molecule has 9 aromatic rings. The fourth-order valence-corrected chi connectivity index (χ4v) is 9.42. The molecule has 8 aromatic carbocycles. The number of fused-ring (bicyclic) bond motifs is 6. The number of nitrogens with zero attached hydrogens (tertiary/aromatic N) is 1. The van der Waals surface area contributed by atoms with Gasteiger partial charge in [0.15, 0.2) is 0 Å². The molecule has 0 saturated heterocycles. The van der Waals surface area contributed by atoms with E-state index < -0.39 is 0 Å². The van der Waals surface area contributed by atoms with Crippen molar-refractivity contribution in [3.05, 3.63) is 199 Å². The van der Waals surface area contributed by atoms with Gasteiger partial charge in [-0.2, -0.15) is 0 Å². The van der Waals surface area contributed by atoms with Crippen molar-refractivity contribution in [2.75, 3.05) is 4.90 Å². The van der Waals surface area contributed by atoms with Gasteiger partial charge in [-0.05, 0) is 110 Å². The molecule has 1 aliphatic rings. The second-order valence-electron chi connectivity index (χ2n) is 14.6. The number of rotatable bonds is 6. The molecule has 1 aromatic heterocycles. The van der Waals surface area contributed by atoms with Crippen molar-refractivity contribution in [2.45, 2.75) is 19.3 Å². The quantitative estimate of drug-likeness (QED) is 0.167. The van der Waals surface area contributed by atoms with E-state index in [1.165, 1.54) is 75.8 Å². The third-order valence-corrected chi connectivity index (χ3v) is 12.2. The second-order valence-corrected chi connectivity index (χ2v) is 15.7. The van der Waals surface area contributed by atoms with E-state index in [1.807, 2.05) is 11.3 Å². The van der Waals surface area contributed by atoms with Crippen LogP contribution >= 0.6 is 11.3 Å². The largest absolute Gasteiger partial charge is 0.311 e. The topological polar surface area (TPSA) is 3.24 Å². The predicted octanol–water partition coefficient (Wildman–Crippen LogP) is 14.8. The van der Waals surface area contributed by atoms with Crippen LogP contribution in [0.3, 0.4) is 0 Å². The molecule has 0 saturated carbocycles.